The molecule has 0 bridgehead atoms. The van der Waals surface area contributed by atoms with Crippen LogP contribution in [0.25, 0.3) is 0 Å². The fourth-order valence-electron chi connectivity index (χ4n) is 0.858. The van der Waals surface area contributed by atoms with E-state index >= 15 is 0 Å². The molecule has 0 atom stereocenters. The number of nitrogens with zero attached hydrogens (tertiary/aromatic N) is 1. The molecule has 0 amide bonds. The Hall–Kier alpha value is -0.640. The van der Waals surface area contributed by atoms with Gasteiger partial charge >= 0.3 is 0 Å². The van der Waals surface area contributed by atoms with Crippen molar-refractivity contribution in [1.82, 2.24) is 10.2 Å². The van der Waals surface area contributed by atoms with Crippen LogP contribution in [0.15, 0.2) is 10.9 Å². The van der Waals surface area contributed by atoms with Crippen LogP contribution >= 0.6 is 15.9 Å². The molecule has 1 rings (SSSR count). The fourth-order valence-corrected chi connectivity index (χ4v) is 1.27. The minimum Gasteiger partial charge on any atom is -0.268 e. The van der Waals surface area contributed by atoms with Gasteiger partial charge in [-0.2, -0.15) is 5.10 Å². The molecule has 0 saturated heterocycles. The molecule has 0 aromatic carbocycles. The summed E-state index contributed by atoms with van der Waals surface area (Å²) < 4.78 is 0. The molecule has 0 aliphatic rings. The average molecular weight is 231 g/mol. The van der Waals surface area contributed by atoms with E-state index in [1.54, 1.807) is 0 Å². The van der Waals surface area contributed by atoms with E-state index in [-0.39, 0.29) is 5.56 Å². The van der Waals surface area contributed by atoms with Gasteiger partial charge in [0.15, 0.2) is 0 Å². The minimum atomic E-state index is -0.115. The monoisotopic (exact) mass is 230 g/mol. The summed E-state index contributed by atoms with van der Waals surface area (Å²) in [5.41, 5.74) is 1.54. The predicted octanol–water partition coefficient (Wildman–Crippen LogP) is 1.79. The normalized spacial score (nSPS) is 10.7. The predicted molar refractivity (Wildman–Crippen MR) is 51.6 cm³/mol. The molecule has 0 radical (unpaired) electrons. The van der Waals surface area contributed by atoms with Crippen molar-refractivity contribution >= 4 is 15.9 Å². The van der Waals surface area contributed by atoms with Crippen molar-refractivity contribution in [2.75, 3.05) is 0 Å². The Morgan fingerprint density at radius 3 is 2.83 bits per heavy atom. The topological polar surface area (TPSA) is 45.8 Å². The van der Waals surface area contributed by atoms with E-state index in [9.17, 15) is 4.79 Å². The second-order valence-electron chi connectivity index (χ2n) is 2.94. The molecular formula is C8H11BrN2O. The highest BCUT2D eigenvalue weighted by Gasteiger charge is 2.04. The van der Waals surface area contributed by atoms with Gasteiger partial charge in [-0.25, -0.2) is 5.10 Å². The maximum absolute atomic E-state index is 11.1. The van der Waals surface area contributed by atoms with Gasteiger partial charge in [-0.3, -0.25) is 4.79 Å². The number of hydrogen-bond acceptors (Lipinski definition) is 2. The molecule has 66 valence electrons. The first-order valence-corrected chi connectivity index (χ1v) is 4.91. The van der Waals surface area contributed by atoms with E-state index < -0.39 is 0 Å². The average Bonchev–Trinajstić information content (AvgIpc) is 2.05. The lowest BCUT2D eigenvalue weighted by Gasteiger charge is -2.03. The van der Waals surface area contributed by atoms with Crippen LogP contribution in [-0.2, 0) is 5.33 Å². The Morgan fingerprint density at radius 2 is 2.33 bits per heavy atom. The number of nitrogens with one attached hydrogen (secondary N) is 1. The molecule has 3 nitrogen and oxygen atoms in total. The van der Waals surface area contributed by atoms with E-state index in [4.69, 9.17) is 0 Å². The van der Waals surface area contributed by atoms with Crippen molar-refractivity contribution < 1.29 is 0 Å². The SMILES string of the molecule is CC(C)c1cc(CBr)c(=O)[nH]n1. The van der Waals surface area contributed by atoms with Crippen LogP contribution < -0.4 is 5.56 Å². The van der Waals surface area contributed by atoms with Gasteiger partial charge in [0, 0.05) is 10.9 Å². The number of aromatic nitrogens is 2. The summed E-state index contributed by atoms with van der Waals surface area (Å²) in [5, 5.41) is 6.97. The van der Waals surface area contributed by atoms with Gasteiger partial charge in [-0.05, 0) is 12.0 Å². The second kappa shape index (κ2) is 3.85. The van der Waals surface area contributed by atoms with Gasteiger partial charge in [0.1, 0.15) is 0 Å². The number of H-pyrrole nitrogens is 1. The molecule has 1 N–H and O–H groups in total. The van der Waals surface area contributed by atoms with E-state index in [2.05, 4.69) is 26.1 Å². The van der Waals surface area contributed by atoms with E-state index in [0.29, 0.717) is 11.2 Å². The molecule has 0 saturated carbocycles. The molecule has 1 aromatic rings. The van der Waals surface area contributed by atoms with Gasteiger partial charge in [-0.1, -0.05) is 29.8 Å². The molecule has 0 aliphatic heterocycles. The Labute approximate surface area is 79.3 Å². The Bertz CT molecular complexity index is 319. The Kier molecular flexibility index (Phi) is 3.03. The number of rotatable bonds is 2. The van der Waals surface area contributed by atoms with Gasteiger partial charge < -0.3 is 0 Å². The summed E-state index contributed by atoms with van der Waals surface area (Å²) in [7, 11) is 0. The molecule has 1 heterocycles. The largest absolute Gasteiger partial charge is 0.268 e. The van der Waals surface area contributed by atoms with Gasteiger partial charge in [0.25, 0.3) is 5.56 Å². The van der Waals surface area contributed by atoms with Crippen molar-refractivity contribution in [1.29, 1.82) is 0 Å². The number of halogens is 1. The molecular weight excluding hydrogens is 220 g/mol. The summed E-state index contributed by atoms with van der Waals surface area (Å²) in [5.74, 6) is 0.347. The first kappa shape index (κ1) is 9.45. The molecule has 4 heteroatoms. The van der Waals surface area contributed by atoms with Crippen molar-refractivity contribution in [3.05, 3.63) is 27.7 Å². The first-order chi connectivity index (χ1) is 5.65. The summed E-state index contributed by atoms with van der Waals surface area (Å²) >= 11 is 3.24. The van der Waals surface area contributed by atoms with Crippen LogP contribution in [0.4, 0.5) is 0 Å². The first-order valence-electron chi connectivity index (χ1n) is 3.79. The van der Waals surface area contributed by atoms with Crippen molar-refractivity contribution in [3.8, 4) is 0 Å². The van der Waals surface area contributed by atoms with Crippen molar-refractivity contribution in [2.45, 2.75) is 25.1 Å². The zero-order valence-corrected chi connectivity index (χ0v) is 8.68. The lowest BCUT2D eigenvalue weighted by molar-refractivity contribution is 0.771. The smallest absolute Gasteiger partial charge is 0.268 e. The lowest BCUT2D eigenvalue weighted by Crippen LogP contribution is -2.14. The maximum Gasteiger partial charge on any atom is 0.268 e. The van der Waals surface area contributed by atoms with E-state index in [1.807, 2.05) is 19.9 Å². The Balaban J connectivity index is 3.14. The van der Waals surface area contributed by atoms with Crippen LogP contribution in [0.3, 0.4) is 0 Å². The summed E-state index contributed by atoms with van der Waals surface area (Å²) in [6.45, 7) is 4.08. The van der Waals surface area contributed by atoms with Crippen molar-refractivity contribution in [2.24, 2.45) is 0 Å². The van der Waals surface area contributed by atoms with Gasteiger partial charge in [-0.15, -0.1) is 0 Å². The standard InChI is InChI=1S/C8H11BrN2O/c1-5(2)7-3-6(4-9)8(12)11-10-7/h3,5H,4H2,1-2H3,(H,11,12). The molecule has 0 aliphatic carbocycles. The molecule has 0 unspecified atom stereocenters. The van der Waals surface area contributed by atoms with Gasteiger partial charge in [0.2, 0.25) is 0 Å². The fraction of sp³-hybridized carbons (Fsp3) is 0.500. The Morgan fingerprint density at radius 1 is 1.67 bits per heavy atom. The quantitative estimate of drug-likeness (QED) is 0.788. The zero-order chi connectivity index (χ0) is 9.14. The maximum atomic E-state index is 11.1. The second-order valence-corrected chi connectivity index (χ2v) is 3.50. The van der Waals surface area contributed by atoms with E-state index in [1.165, 1.54) is 0 Å². The summed E-state index contributed by atoms with van der Waals surface area (Å²) in [6, 6.07) is 1.83. The molecule has 1 aromatic heterocycles. The number of alkyl halides is 1. The third kappa shape index (κ3) is 1.94. The number of hydrogen-bond donors (Lipinski definition) is 1. The zero-order valence-electron chi connectivity index (χ0n) is 7.10. The minimum absolute atomic E-state index is 0.115. The van der Waals surface area contributed by atoms with Crippen LogP contribution in [0.5, 0.6) is 0 Å². The van der Waals surface area contributed by atoms with Gasteiger partial charge in [0.05, 0.1) is 5.69 Å². The number of aromatic amines is 1. The third-order valence-electron chi connectivity index (χ3n) is 1.64. The third-order valence-corrected chi connectivity index (χ3v) is 2.24. The highest BCUT2D eigenvalue weighted by Crippen LogP contribution is 2.10. The lowest BCUT2D eigenvalue weighted by atomic mass is 10.1. The van der Waals surface area contributed by atoms with Crippen LogP contribution in [0, 0.1) is 0 Å². The summed E-state index contributed by atoms with van der Waals surface area (Å²) in [6.07, 6.45) is 0. The van der Waals surface area contributed by atoms with Crippen LogP contribution in [0.2, 0.25) is 0 Å². The molecule has 12 heavy (non-hydrogen) atoms. The van der Waals surface area contributed by atoms with Crippen molar-refractivity contribution in [3.63, 3.8) is 0 Å². The highest BCUT2D eigenvalue weighted by atomic mass is 79.9. The molecule has 0 fully saturated rings. The van der Waals surface area contributed by atoms with Crippen LogP contribution in [0.1, 0.15) is 31.0 Å². The van der Waals surface area contributed by atoms with E-state index in [0.717, 1.165) is 11.3 Å². The summed E-state index contributed by atoms with van der Waals surface area (Å²) in [4.78, 5) is 11.1. The molecule has 0 spiro atoms. The highest BCUT2D eigenvalue weighted by molar-refractivity contribution is 9.08. The van der Waals surface area contributed by atoms with Crippen LogP contribution in [-0.4, -0.2) is 10.2 Å².